The van der Waals surface area contributed by atoms with Crippen molar-refractivity contribution in [1.82, 2.24) is 0 Å². The van der Waals surface area contributed by atoms with Crippen LogP contribution in [0.2, 0.25) is 0 Å². The van der Waals surface area contributed by atoms with Gasteiger partial charge in [-0.25, -0.2) is 9.59 Å². The molecule has 3 rings (SSSR count). The van der Waals surface area contributed by atoms with Crippen LogP contribution < -0.4 is 4.90 Å². The Kier molecular flexibility index (Phi) is 5.40. The van der Waals surface area contributed by atoms with Crippen LogP contribution in [0, 0.1) is 0 Å². The molecule has 1 N–H and O–H groups in total. The average molecular weight is 377 g/mol. The van der Waals surface area contributed by atoms with Gasteiger partial charge < -0.3 is 9.84 Å². The summed E-state index contributed by atoms with van der Waals surface area (Å²) in [4.78, 5) is 38.7. The number of nitrogens with zero attached hydrogens (tertiary/aromatic N) is 1. The molecular formula is C22H19NO5. The Bertz CT molecular complexity index is 1000. The van der Waals surface area contributed by atoms with Crippen molar-refractivity contribution in [3.05, 3.63) is 82.6 Å². The van der Waals surface area contributed by atoms with Crippen LogP contribution in [0.4, 0.5) is 5.69 Å². The highest BCUT2D eigenvalue weighted by molar-refractivity contribution is 6.24. The summed E-state index contributed by atoms with van der Waals surface area (Å²) >= 11 is 0. The third-order valence-corrected chi connectivity index (χ3v) is 4.39. The fourth-order valence-electron chi connectivity index (χ4n) is 3.14. The number of esters is 1. The summed E-state index contributed by atoms with van der Waals surface area (Å²) in [6.07, 6.45) is 1.44. The molecule has 0 unspecified atom stereocenters. The van der Waals surface area contributed by atoms with E-state index in [1.54, 1.807) is 56.3 Å². The molecule has 1 amide bonds. The Morgan fingerprint density at radius 2 is 1.71 bits per heavy atom. The van der Waals surface area contributed by atoms with Crippen molar-refractivity contribution < 1.29 is 24.2 Å². The third-order valence-electron chi connectivity index (χ3n) is 4.39. The van der Waals surface area contributed by atoms with Crippen LogP contribution in [0.5, 0.6) is 0 Å². The largest absolute Gasteiger partial charge is 0.478 e. The molecule has 0 saturated heterocycles. The van der Waals surface area contributed by atoms with Crippen molar-refractivity contribution in [2.45, 2.75) is 13.8 Å². The average Bonchev–Trinajstić information content (AvgIpc) is 2.93. The maximum absolute atomic E-state index is 13.2. The van der Waals surface area contributed by atoms with Crippen LogP contribution in [-0.4, -0.2) is 29.6 Å². The molecule has 1 aliphatic rings. The topological polar surface area (TPSA) is 83.9 Å². The number of amides is 1. The smallest absolute Gasteiger partial charge is 0.340 e. The third kappa shape index (κ3) is 3.44. The Morgan fingerprint density at radius 1 is 1.07 bits per heavy atom. The fourth-order valence-corrected chi connectivity index (χ4v) is 3.14. The molecule has 0 atom stereocenters. The molecule has 2 aromatic rings. The van der Waals surface area contributed by atoms with Gasteiger partial charge in [-0.1, -0.05) is 36.4 Å². The molecule has 1 aliphatic heterocycles. The van der Waals surface area contributed by atoms with Crippen molar-refractivity contribution in [3.8, 4) is 0 Å². The quantitative estimate of drug-likeness (QED) is 0.635. The van der Waals surface area contributed by atoms with E-state index in [0.717, 1.165) is 0 Å². The summed E-state index contributed by atoms with van der Waals surface area (Å²) in [7, 11) is 0. The zero-order valence-electron chi connectivity index (χ0n) is 15.5. The van der Waals surface area contributed by atoms with Crippen molar-refractivity contribution in [2.24, 2.45) is 0 Å². The Hall–Kier alpha value is -3.67. The number of rotatable bonds is 5. The van der Waals surface area contributed by atoms with Gasteiger partial charge in [-0.05, 0) is 43.7 Å². The molecular weight excluding hydrogens is 358 g/mol. The molecule has 0 bridgehead atoms. The minimum Gasteiger partial charge on any atom is -0.478 e. The van der Waals surface area contributed by atoms with Crippen LogP contribution >= 0.6 is 0 Å². The van der Waals surface area contributed by atoms with E-state index in [2.05, 4.69) is 0 Å². The maximum Gasteiger partial charge on any atom is 0.340 e. The van der Waals surface area contributed by atoms with E-state index in [-0.39, 0.29) is 23.3 Å². The van der Waals surface area contributed by atoms with Crippen LogP contribution in [0.25, 0.3) is 6.08 Å². The van der Waals surface area contributed by atoms with Crippen LogP contribution in [0.3, 0.4) is 0 Å². The van der Waals surface area contributed by atoms with Crippen LogP contribution in [0.15, 0.2) is 71.4 Å². The van der Waals surface area contributed by atoms with Gasteiger partial charge in [0.15, 0.2) is 0 Å². The molecule has 1 heterocycles. The Morgan fingerprint density at radius 3 is 2.36 bits per heavy atom. The summed E-state index contributed by atoms with van der Waals surface area (Å²) in [6, 6.07) is 15.3. The molecule has 6 nitrogen and oxygen atoms in total. The second-order valence-corrected chi connectivity index (χ2v) is 6.11. The molecule has 6 heteroatoms. The molecule has 0 aromatic heterocycles. The van der Waals surface area contributed by atoms with E-state index in [0.29, 0.717) is 16.9 Å². The van der Waals surface area contributed by atoms with Gasteiger partial charge in [-0.2, -0.15) is 0 Å². The highest BCUT2D eigenvalue weighted by Gasteiger charge is 2.38. The summed E-state index contributed by atoms with van der Waals surface area (Å²) < 4.78 is 5.14. The summed E-state index contributed by atoms with van der Waals surface area (Å²) in [5.74, 6) is -2.14. The Labute approximate surface area is 162 Å². The predicted molar refractivity (Wildman–Crippen MR) is 105 cm³/mol. The molecule has 28 heavy (non-hydrogen) atoms. The van der Waals surface area contributed by atoms with E-state index >= 15 is 0 Å². The lowest BCUT2D eigenvalue weighted by molar-refractivity contribution is -0.138. The van der Waals surface area contributed by atoms with Gasteiger partial charge in [0.25, 0.3) is 5.91 Å². The van der Waals surface area contributed by atoms with Gasteiger partial charge in [0.2, 0.25) is 0 Å². The number of ether oxygens (including phenoxy) is 1. The van der Waals surface area contributed by atoms with E-state index in [1.807, 2.05) is 6.07 Å². The number of hydrogen-bond donors (Lipinski definition) is 1. The van der Waals surface area contributed by atoms with Crippen molar-refractivity contribution in [2.75, 3.05) is 11.5 Å². The first-order valence-electron chi connectivity index (χ1n) is 8.77. The lowest BCUT2D eigenvalue weighted by atomic mass is 10.0. The molecule has 0 radical (unpaired) electrons. The number of benzene rings is 2. The van der Waals surface area contributed by atoms with Crippen LogP contribution in [0.1, 0.15) is 29.8 Å². The zero-order chi connectivity index (χ0) is 20.3. The van der Waals surface area contributed by atoms with Gasteiger partial charge in [-0.15, -0.1) is 0 Å². The van der Waals surface area contributed by atoms with Crippen molar-refractivity contribution >= 4 is 29.6 Å². The number of aromatic carboxylic acids is 1. The summed E-state index contributed by atoms with van der Waals surface area (Å²) in [5.41, 5.74) is 1.67. The van der Waals surface area contributed by atoms with E-state index in [4.69, 9.17) is 4.74 Å². The first kappa shape index (κ1) is 19.1. The van der Waals surface area contributed by atoms with E-state index in [9.17, 15) is 19.5 Å². The normalized spacial score (nSPS) is 15.3. The lowest BCUT2D eigenvalue weighted by Gasteiger charge is -2.17. The van der Waals surface area contributed by atoms with Gasteiger partial charge in [0, 0.05) is 11.4 Å². The highest BCUT2D eigenvalue weighted by atomic mass is 16.5. The minimum atomic E-state index is -1.11. The standard InChI is InChI=1S/C22H19NO5/c1-3-28-22(27)19-14(2)23(16-10-5-4-6-11-16)20(24)18(19)13-15-9-7-8-12-17(15)21(25)26/h4-13H,3H2,1-2H3,(H,25,26)/b18-13-. The second kappa shape index (κ2) is 7.92. The molecule has 2 aromatic carbocycles. The van der Waals surface area contributed by atoms with Gasteiger partial charge in [-0.3, -0.25) is 9.69 Å². The van der Waals surface area contributed by atoms with Gasteiger partial charge in [0.05, 0.1) is 23.3 Å². The molecule has 142 valence electrons. The number of para-hydroxylation sites is 1. The number of carboxylic acids is 1. The van der Waals surface area contributed by atoms with Crippen molar-refractivity contribution in [3.63, 3.8) is 0 Å². The number of carbonyl (C=O) groups excluding carboxylic acids is 2. The first-order valence-corrected chi connectivity index (χ1v) is 8.77. The molecule has 0 spiro atoms. The zero-order valence-corrected chi connectivity index (χ0v) is 15.5. The van der Waals surface area contributed by atoms with Gasteiger partial charge in [0.1, 0.15) is 0 Å². The SMILES string of the molecule is CCOC(=O)C1=C(C)N(c2ccccc2)C(=O)/C1=C\c1ccccc1C(=O)O. The number of anilines is 1. The molecule has 0 aliphatic carbocycles. The number of carbonyl (C=O) groups is 3. The van der Waals surface area contributed by atoms with Crippen molar-refractivity contribution in [1.29, 1.82) is 0 Å². The van der Waals surface area contributed by atoms with E-state index in [1.165, 1.54) is 17.0 Å². The molecule has 0 saturated carbocycles. The lowest BCUT2D eigenvalue weighted by Crippen LogP contribution is -2.24. The summed E-state index contributed by atoms with van der Waals surface area (Å²) in [5, 5.41) is 9.42. The summed E-state index contributed by atoms with van der Waals surface area (Å²) in [6.45, 7) is 3.51. The van der Waals surface area contributed by atoms with Crippen LogP contribution in [-0.2, 0) is 14.3 Å². The number of allylic oxidation sites excluding steroid dienone is 1. The Balaban J connectivity index is 2.18. The maximum atomic E-state index is 13.2. The van der Waals surface area contributed by atoms with E-state index < -0.39 is 17.8 Å². The number of hydrogen-bond acceptors (Lipinski definition) is 4. The second-order valence-electron chi connectivity index (χ2n) is 6.11. The highest BCUT2D eigenvalue weighted by Crippen LogP contribution is 2.35. The monoisotopic (exact) mass is 377 g/mol. The van der Waals surface area contributed by atoms with Gasteiger partial charge >= 0.3 is 11.9 Å². The fraction of sp³-hybridized carbons (Fsp3) is 0.136. The first-order chi connectivity index (χ1) is 13.5. The number of carboxylic acid groups (broad SMARTS) is 1. The molecule has 0 fully saturated rings. The minimum absolute atomic E-state index is 0.0434. The predicted octanol–water partition coefficient (Wildman–Crippen LogP) is 3.65.